The van der Waals surface area contributed by atoms with Crippen LogP contribution in [0.3, 0.4) is 0 Å². The molecule has 0 bridgehead atoms. The molecule has 0 aromatic heterocycles. The molecule has 0 aromatic carbocycles. The first kappa shape index (κ1) is 19.9. The molecule has 0 N–H and O–H groups in total. The minimum Gasteiger partial charge on any atom is -0.334 e. The first-order chi connectivity index (χ1) is 8.47. The van der Waals surface area contributed by atoms with Crippen molar-refractivity contribution in [1.29, 1.82) is 0 Å². The second-order valence-corrected chi connectivity index (χ2v) is 6.04. The molecule has 1 heterocycles. The molecule has 4 nitrogen and oxygen atoms in total. The molecule has 1 fully saturated rings. The number of hydrogen-bond acceptors (Lipinski definition) is 4. The van der Waals surface area contributed by atoms with Crippen molar-refractivity contribution >= 4 is 0 Å². The Morgan fingerprint density at radius 1 is 0.579 bits per heavy atom. The fourth-order valence-corrected chi connectivity index (χ4v) is 2.38. The topological polar surface area (TPSA) is 13.0 Å². The zero-order valence-electron chi connectivity index (χ0n) is 13.5. The summed E-state index contributed by atoms with van der Waals surface area (Å²) in [6, 6.07) is 0. The Morgan fingerprint density at radius 2 is 0.842 bits per heavy atom. The van der Waals surface area contributed by atoms with Gasteiger partial charge in [-0.1, -0.05) is 0 Å². The average Bonchev–Trinajstić information content (AvgIpc) is 2.30. The largest absolute Gasteiger partial charge is 0.334 e. The van der Waals surface area contributed by atoms with Crippen LogP contribution < -0.4 is 0 Å². The van der Waals surface area contributed by atoms with Crippen molar-refractivity contribution < 1.29 is 32.7 Å². The summed E-state index contributed by atoms with van der Waals surface area (Å²) in [6.07, 6.45) is 0. The fraction of sp³-hybridized carbons (Fsp3) is 0.929. The molecule has 0 amide bonds. The van der Waals surface area contributed by atoms with E-state index in [1.165, 1.54) is 0 Å². The summed E-state index contributed by atoms with van der Waals surface area (Å²) in [6.45, 7) is 11.5. The molecule has 111 valence electrons. The predicted molar refractivity (Wildman–Crippen MR) is 78.9 cm³/mol. The molecule has 1 rings (SSSR count). The minimum atomic E-state index is 0. The van der Waals surface area contributed by atoms with E-state index in [2.05, 4.69) is 54.7 Å². The van der Waals surface area contributed by atoms with Gasteiger partial charge in [0.25, 0.3) is 0 Å². The molecule has 0 atom stereocenters. The summed E-state index contributed by atoms with van der Waals surface area (Å²) in [5.74, 6) is 1.56. The molecular weight excluding hydrogens is 313 g/mol. The summed E-state index contributed by atoms with van der Waals surface area (Å²) >= 11 is 0. The minimum absolute atomic E-state index is 0. The van der Waals surface area contributed by atoms with E-state index in [4.69, 9.17) is 0 Å². The van der Waals surface area contributed by atoms with Crippen LogP contribution in [0.4, 0.5) is 0 Å². The van der Waals surface area contributed by atoms with E-state index < -0.39 is 0 Å². The molecule has 1 aliphatic heterocycles. The van der Waals surface area contributed by atoms with E-state index in [9.17, 15) is 0 Å². The Morgan fingerprint density at radius 3 is 1.16 bits per heavy atom. The zero-order chi connectivity index (χ0) is 13.5. The second kappa shape index (κ2) is 10.6. The van der Waals surface area contributed by atoms with Crippen molar-refractivity contribution in [1.82, 2.24) is 19.6 Å². The molecule has 19 heavy (non-hydrogen) atoms. The van der Waals surface area contributed by atoms with Gasteiger partial charge in [-0.05, 0) is 28.2 Å². The molecular formula is C14H31N4Y-. The molecule has 1 saturated heterocycles. The van der Waals surface area contributed by atoms with Crippen LogP contribution in [-0.4, -0.2) is 100 Å². The number of nitrogens with zero attached hydrogens (tertiary/aromatic N) is 4. The van der Waals surface area contributed by atoms with Crippen molar-refractivity contribution in [3.8, 4) is 0 Å². The molecule has 0 saturated carbocycles. The number of likely N-dealkylation sites (N-methyl/N-ethyl adjacent to an activating group) is 4. The van der Waals surface area contributed by atoms with E-state index in [1.807, 2.05) is 0 Å². The number of rotatable bonds is 0. The monoisotopic (exact) mass is 344 g/mol. The van der Waals surface area contributed by atoms with E-state index in [0.717, 1.165) is 52.4 Å². The molecule has 1 aliphatic rings. The van der Waals surface area contributed by atoms with Gasteiger partial charge in [-0.3, -0.25) is 5.92 Å². The quantitative estimate of drug-likeness (QED) is 0.587. The molecule has 1 radical (unpaired) electrons. The summed E-state index contributed by atoms with van der Waals surface area (Å²) < 4.78 is 0. The maximum Gasteiger partial charge on any atom is 0.0107 e. The van der Waals surface area contributed by atoms with E-state index in [-0.39, 0.29) is 32.7 Å². The van der Waals surface area contributed by atoms with Crippen LogP contribution in [0.2, 0.25) is 0 Å². The Hall–Kier alpha value is 0.944. The Bertz CT molecular complexity index is 205. The van der Waals surface area contributed by atoms with E-state index in [1.54, 1.807) is 5.92 Å². The van der Waals surface area contributed by atoms with Gasteiger partial charge in [-0.15, -0.1) is 13.1 Å². The summed E-state index contributed by atoms with van der Waals surface area (Å²) in [5, 5.41) is 0. The Kier molecular flexibility index (Phi) is 11.2. The summed E-state index contributed by atoms with van der Waals surface area (Å²) in [7, 11) is 8.90. The third-order valence-corrected chi connectivity index (χ3v) is 3.67. The van der Waals surface area contributed by atoms with Crippen molar-refractivity contribution in [3.63, 3.8) is 0 Å². The normalized spacial score (nSPS) is 25.1. The van der Waals surface area contributed by atoms with Gasteiger partial charge in [0.1, 0.15) is 0 Å². The van der Waals surface area contributed by atoms with Gasteiger partial charge in [-0.25, -0.2) is 0 Å². The van der Waals surface area contributed by atoms with E-state index in [0.29, 0.717) is 0 Å². The average molecular weight is 344 g/mol. The maximum absolute atomic E-state index is 2.43. The van der Waals surface area contributed by atoms with Crippen LogP contribution in [0, 0.1) is 5.92 Å². The van der Waals surface area contributed by atoms with Gasteiger partial charge in [0.05, 0.1) is 0 Å². The SMILES string of the molecule is C[C-]1CN(C)CCN(C)CCN(C)CCN(C)C1.[Y]. The second-order valence-electron chi connectivity index (χ2n) is 6.04. The van der Waals surface area contributed by atoms with E-state index >= 15 is 0 Å². The molecule has 0 aliphatic carbocycles. The third kappa shape index (κ3) is 9.49. The fourth-order valence-electron chi connectivity index (χ4n) is 2.38. The van der Waals surface area contributed by atoms with Gasteiger partial charge in [0, 0.05) is 72.0 Å². The Balaban J connectivity index is 0.00000324. The standard InChI is InChI=1S/C14H31N4.Y/c1-14-12-17(4)10-8-15(2)6-7-16(3)9-11-18(5)13-14;/h6-13H2,1-5H3;/q-1;. The van der Waals surface area contributed by atoms with Crippen LogP contribution in [0.1, 0.15) is 6.92 Å². The smallest absolute Gasteiger partial charge is 0.0107 e. The van der Waals surface area contributed by atoms with Crippen LogP contribution in [0.15, 0.2) is 0 Å². The van der Waals surface area contributed by atoms with Crippen molar-refractivity contribution in [2.75, 3.05) is 80.5 Å². The summed E-state index contributed by atoms with van der Waals surface area (Å²) in [4.78, 5) is 9.73. The molecule has 5 heteroatoms. The van der Waals surface area contributed by atoms with Gasteiger partial charge in [0.2, 0.25) is 0 Å². The van der Waals surface area contributed by atoms with Gasteiger partial charge in [-0.2, -0.15) is 6.92 Å². The van der Waals surface area contributed by atoms with Crippen molar-refractivity contribution in [3.05, 3.63) is 5.92 Å². The van der Waals surface area contributed by atoms with Crippen molar-refractivity contribution in [2.24, 2.45) is 0 Å². The van der Waals surface area contributed by atoms with Gasteiger partial charge < -0.3 is 19.6 Å². The van der Waals surface area contributed by atoms with Gasteiger partial charge in [0.15, 0.2) is 0 Å². The maximum atomic E-state index is 2.43. The van der Waals surface area contributed by atoms with Crippen LogP contribution >= 0.6 is 0 Å². The molecule has 0 aromatic rings. The summed E-state index contributed by atoms with van der Waals surface area (Å²) in [5.41, 5.74) is 0. The predicted octanol–water partition coefficient (Wildman–Crippen LogP) is 0.319. The first-order valence-electron chi connectivity index (χ1n) is 7.03. The van der Waals surface area contributed by atoms with Crippen LogP contribution in [0.25, 0.3) is 0 Å². The molecule has 0 unspecified atom stereocenters. The first-order valence-corrected chi connectivity index (χ1v) is 7.03. The Labute approximate surface area is 145 Å². The zero-order valence-corrected chi connectivity index (χ0v) is 16.4. The van der Waals surface area contributed by atoms with Crippen molar-refractivity contribution in [2.45, 2.75) is 6.92 Å². The molecule has 0 spiro atoms. The third-order valence-electron chi connectivity index (χ3n) is 3.67. The van der Waals surface area contributed by atoms with Crippen LogP contribution in [-0.2, 0) is 32.7 Å². The van der Waals surface area contributed by atoms with Gasteiger partial charge >= 0.3 is 0 Å². The van der Waals surface area contributed by atoms with Crippen LogP contribution in [0.5, 0.6) is 0 Å². The number of hydrogen-bond donors (Lipinski definition) is 0.